The van der Waals surface area contributed by atoms with Gasteiger partial charge in [-0.05, 0) is 62.4 Å². The number of carbonyl (C=O) groups is 2. The van der Waals surface area contributed by atoms with E-state index in [-0.39, 0.29) is 34.5 Å². The largest absolute Gasteiger partial charge is 0.464 e. The standard InChI is InChI=1S/C27H34ClNO5S/c1-19(2)15-16-34-26(30)18-29(35(32,33)23-12-9-20(3)10-13-23)25-14-11-22(28)17-24(25)27(31)21-7-5-4-6-8-21/h9-14,17,19,21H,4-8,15-16,18H2,1-3H3. The summed E-state index contributed by atoms with van der Waals surface area (Å²) in [4.78, 5) is 26.3. The Labute approximate surface area is 213 Å². The van der Waals surface area contributed by atoms with Gasteiger partial charge in [0.15, 0.2) is 5.78 Å². The molecule has 190 valence electrons. The molecule has 3 rings (SSSR count). The number of halogens is 1. The molecule has 2 aromatic carbocycles. The second-order valence-corrected chi connectivity index (χ2v) is 11.9. The van der Waals surface area contributed by atoms with E-state index in [0.29, 0.717) is 17.4 Å². The number of hydrogen-bond acceptors (Lipinski definition) is 5. The zero-order valence-corrected chi connectivity index (χ0v) is 22.2. The van der Waals surface area contributed by atoms with E-state index in [2.05, 4.69) is 0 Å². The normalized spacial score (nSPS) is 14.7. The number of hydrogen-bond donors (Lipinski definition) is 0. The lowest BCUT2D eigenvalue weighted by atomic mass is 9.83. The Balaban J connectivity index is 2.04. The minimum atomic E-state index is -4.17. The van der Waals surface area contributed by atoms with Crippen molar-refractivity contribution in [3.63, 3.8) is 0 Å². The molecule has 35 heavy (non-hydrogen) atoms. The Bertz CT molecular complexity index is 1140. The van der Waals surface area contributed by atoms with Crippen LogP contribution in [0.5, 0.6) is 0 Å². The highest BCUT2D eigenvalue weighted by Gasteiger charge is 2.33. The van der Waals surface area contributed by atoms with Gasteiger partial charge in [-0.15, -0.1) is 0 Å². The van der Waals surface area contributed by atoms with E-state index in [1.54, 1.807) is 12.1 Å². The first-order valence-electron chi connectivity index (χ1n) is 12.2. The minimum absolute atomic E-state index is 0.0316. The number of sulfonamides is 1. The van der Waals surface area contributed by atoms with Gasteiger partial charge in [0.1, 0.15) is 6.54 Å². The molecule has 1 aliphatic carbocycles. The van der Waals surface area contributed by atoms with Crippen molar-refractivity contribution in [3.05, 3.63) is 58.6 Å². The zero-order chi connectivity index (χ0) is 25.6. The summed E-state index contributed by atoms with van der Waals surface area (Å²) in [6, 6.07) is 10.9. The van der Waals surface area contributed by atoms with Crippen LogP contribution < -0.4 is 4.31 Å². The average Bonchev–Trinajstić information content (AvgIpc) is 2.83. The maximum absolute atomic E-state index is 13.8. The first-order valence-corrected chi connectivity index (χ1v) is 14.0. The fraction of sp³-hybridized carbons (Fsp3) is 0.481. The Morgan fingerprint density at radius 3 is 2.34 bits per heavy atom. The van der Waals surface area contributed by atoms with Crippen LogP contribution >= 0.6 is 11.6 Å². The predicted octanol–water partition coefficient (Wildman–Crippen LogP) is 6.20. The van der Waals surface area contributed by atoms with Crippen LogP contribution in [0.1, 0.15) is 68.3 Å². The van der Waals surface area contributed by atoms with Crippen molar-refractivity contribution in [3.8, 4) is 0 Å². The van der Waals surface area contributed by atoms with E-state index in [1.165, 1.54) is 30.3 Å². The molecule has 0 aliphatic heterocycles. The van der Waals surface area contributed by atoms with Gasteiger partial charge in [0.05, 0.1) is 17.2 Å². The molecule has 8 heteroatoms. The summed E-state index contributed by atoms with van der Waals surface area (Å²) < 4.78 is 33.9. The zero-order valence-electron chi connectivity index (χ0n) is 20.6. The molecule has 0 aromatic heterocycles. The molecule has 0 N–H and O–H groups in total. The van der Waals surface area contributed by atoms with Gasteiger partial charge in [0.25, 0.3) is 10.0 Å². The fourth-order valence-corrected chi connectivity index (χ4v) is 5.82. The summed E-state index contributed by atoms with van der Waals surface area (Å²) in [6.45, 7) is 5.54. The third-order valence-corrected chi connectivity index (χ3v) is 8.32. The van der Waals surface area contributed by atoms with Gasteiger partial charge in [-0.1, -0.05) is 62.4 Å². The second-order valence-electron chi connectivity index (χ2n) is 9.59. The van der Waals surface area contributed by atoms with Crippen molar-refractivity contribution >= 4 is 39.1 Å². The van der Waals surface area contributed by atoms with Crippen LogP contribution in [-0.4, -0.2) is 33.3 Å². The second kappa shape index (κ2) is 12.0. The number of anilines is 1. The molecule has 0 bridgehead atoms. The molecular weight excluding hydrogens is 486 g/mol. The molecular formula is C27H34ClNO5S. The lowest BCUT2D eigenvalue weighted by molar-refractivity contribution is -0.142. The highest BCUT2D eigenvalue weighted by molar-refractivity contribution is 7.92. The maximum Gasteiger partial charge on any atom is 0.326 e. The number of carbonyl (C=O) groups excluding carboxylic acids is 2. The van der Waals surface area contributed by atoms with E-state index in [9.17, 15) is 18.0 Å². The lowest BCUT2D eigenvalue weighted by Gasteiger charge is -2.28. The number of benzene rings is 2. The van der Waals surface area contributed by atoms with Gasteiger partial charge in [0, 0.05) is 16.5 Å². The van der Waals surface area contributed by atoms with E-state index in [4.69, 9.17) is 16.3 Å². The number of nitrogens with zero attached hydrogens (tertiary/aromatic N) is 1. The summed E-state index contributed by atoms with van der Waals surface area (Å²) in [5.74, 6) is -0.666. The number of Topliss-reactive ketones (excluding diaryl/α,β-unsaturated/α-hetero) is 1. The number of ketones is 1. The van der Waals surface area contributed by atoms with Crippen LogP contribution in [0.4, 0.5) is 5.69 Å². The van der Waals surface area contributed by atoms with E-state index in [1.807, 2.05) is 20.8 Å². The van der Waals surface area contributed by atoms with Crippen molar-refractivity contribution in [1.29, 1.82) is 0 Å². The summed E-state index contributed by atoms with van der Waals surface area (Å²) in [7, 11) is -4.17. The van der Waals surface area contributed by atoms with Crippen LogP contribution in [0.25, 0.3) is 0 Å². The molecule has 0 heterocycles. The summed E-state index contributed by atoms with van der Waals surface area (Å²) in [5, 5.41) is 0.333. The van der Waals surface area contributed by atoms with Crippen LogP contribution in [0.15, 0.2) is 47.4 Å². The molecule has 0 saturated heterocycles. The van der Waals surface area contributed by atoms with Crippen molar-refractivity contribution in [1.82, 2.24) is 0 Å². The van der Waals surface area contributed by atoms with Crippen LogP contribution in [0, 0.1) is 18.8 Å². The van der Waals surface area contributed by atoms with Gasteiger partial charge in [-0.25, -0.2) is 8.42 Å². The first-order chi connectivity index (χ1) is 16.6. The highest BCUT2D eigenvalue weighted by Crippen LogP contribution is 2.34. The molecule has 0 atom stereocenters. The first kappa shape index (κ1) is 27.2. The number of rotatable bonds is 10. The van der Waals surface area contributed by atoms with Crippen LogP contribution in [0.3, 0.4) is 0 Å². The summed E-state index contributed by atoms with van der Waals surface area (Å²) in [5.41, 5.74) is 1.27. The molecule has 0 amide bonds. The quantitative estimate of drug-likeness (QED) is 0.276. The van der Waals surface area contributed by atoms with Crippen molar-refractivity contribution in [2.24, 2.45) is 11.8 Å². The number of aryl methyl sites for hydroxylation is 1. The van der Waals surface area contributed by atoms with Gasteiger partial charge in [-0.3, -0.25) is 13.9 Å². The summed E-state index contributed by atoms with van der Waals surface area (Å²) in [6.07, 6.45) is 5.18. The molecule has 0 radical (unpaired) electrons. The Morgan fingerprint density at radius 1 is 1.06 bits per heavy atom. The smallest absolute Gasteiger partial charge is 0.326 e. The molecule has 1 fully saturated rings. The van der Waals surface area contributed by atoms with Crippen LogP contribution in [0.2, 0.25) is 5.02 Å². The number of ether oxygens (including phenoxy) is 1. The Kier molecular flexibility index (Phi) is 9.36. The summed E-state index contributed by atoms with van der Waals surface area (Å²) >= 11 is 6.25. The molecule has 0 unspecified atom stereocenters. The molecule has 0 spiro atoms. The fourth-order valence-electron chi connectivity index (χ4n) is 4.22. The van der Waals surface area contributed by atoms with E-state index in [0.717, 1.165) is 42.0 Å². The third kappa shape index (κ3) is 7.07. The van der Waals surface area contributed by atoms with Crippen molar-refractivity contribution < 1.29 is 22.7 Å². The van der Waals surface area contributed by atoms with Crippen molar-refractivity contribution in [2.45, 2.75) is 64.2 Å². The molecule has 1 aliphatic rings. The Morgan fingerprint density at radius 2 is 1.71 bits per heavy atom. The van der Waals surface area contributed by atoms with Crippen molar-refractivity contribution in [2.75, 3.05) is 17.5 Å². The minimum Gasteiger partial charge on any atom is -0.464 e. The van der Waals surface area contributed by atoms with Gasteiger partial charge in [-0.2, -0.15) is 0 Å². The topological polar surface area (TPSA) is 80.8 Å². The molecule has 6 nitrogen and oxygen atoms in total. The Hall–Kier alpha value is -2.38. The molecule has 2 aromatic rings. The van der Waals surface area contributed by atoms with Gasteiger partial charge in [0.2, 0.25) is 0 Å². The van der Waals surface area contributed by atoms with Gasteiger partial charge >= 0.3 is 5.97 Å². The monoisotopic (exact) mass is 519 g/mol. The molecule has 1 saturated carbocycles. The van der Waals surface area contributed by atoms with Gasteiger partial charge < -0.3 is 4.74 Å². The predicted molar refractivity (Wildman–Crippen MR) is 138 cm³/mol. The van der Waals surface area contributed by atoms with E-state index < -0.39 is 22.5 Å². The highest BCUT2D eigenvalue weighted by atomic mass is 35.5. The lowest BCUT2D eigenvalue weighted by Crippen LogP contribution is -2.38. The SMILES string of the molecule is Cc1ccc(S(=O)(=O)N(CC(=O)OCCC(C)C)c2ccc(Cl)cc2C(=O)C2CCCCC2)cc1. The van der Waals surface area contributed by atoms with Crippen LogP contribution in [-0.2, 0) is 19.6 Å². The average molecular weight is 520 g/mol. The third-order valence-electron chi connectivity index (χ3n) is 6.31. The number of esters is 1. The maximum atomic E-state index is 13.8. The van der Waals surface area contributed by atoms with E-state index >= 15 is 0 Å².